The Kier molecular flexibility index (Phi) is 6.89. The molecule has 1 saturated heterocycles. The molecule has 1 unspecified atom stereocenters. The van der Waals surface area contributed by atoms with Crippen molar-refractivity contribution in [3.05, 3.63) is 86.4 Å². The summed E-state index contributed by atoms with van der Waals surface area (Å²) in [7, 11) is 2.73. The maximum absolute atomic E-state index is 13.4. The van der Waals surface area contributed by atoms with Crippen LogP contribution in [-0.4, -0.2) is 36.1 Å². The minimum atomic E-state index is -1.00. The van der Waals surface area contributed by atoms with Crippen LogP contribution in [0.15, 0.2) is 54.1 Å². The Hall–Kier alpha value is -3.68. The molecule has 0 aliphatic carbocycles. The number of phenolic OH excluding ortho intramolecular Hbond substituents is 1. The van der Waals surface area contributed by atoms with Gasteiger partial charge in [0.2, 0.25) is 0 Å². The molecule has 1 aliphatic heterocycles. The van der Waals surface area contributed by atoms with Gasteiger partial charge in [-0.2, -0.15) is 0 Å². The van der Waals surface area contributed by atoms with E-state index in [1.165, 1.54) is 37.3 Å². The number of hydrogen-bond donors (Lipinski definition) is 2. The minimum Gasteiger partial charge on any atom is -0.508 e. The Labute approximate surface area is 218 Å². The zero-order valence-corrected chi connectivity index (χ0v) is 21.4. The van der Waals surface area contributed by atoms with Gasteiger partial charge in [0.15, 0.2) is 11.5 Å². The number of rotatable bonds is 5. The van der Waals surface area contributed by atoms with E-state index in [0.717, 1.165) is 11.1 Å². The van der Waals surface area contributed by atoms with Crippen LogP contribution in [0.25, 0.3) is 5.76 Å². The largest absolute Gasteiger partial charge is 0.508 e. The summed E-state index contributed by atoms with van der Waals surface area (Å²) >= 11 is 12.7. The van der Waals surface area contributed by atoms with Gasteiger partial charge in [0.05, 0.1) is 36.4 Å². The lowest BCUT2D eigenvalue weighted by Crippen LogP contribution is -2.30. The third-order valence-electron chi connectivity index (χ3n) is 6.06. The third kappa shape index (κ3) is 4.14. The highest BCUT2D eigenvalue weighted by atomic mass is 35.5. The van der Waals surface area contributed by atoms with E-state index in [9.17, 15) is 19.8 Å². The van der Waals surface area contributed by atoms with Crippen LogP contribution in [0.3, 0.4) is 0 Å². The van der Waals surface area contributed by atoms with Crippen LogP contribution >= 0.6 is 23.2 Å². The van der Waals surface area contributed by atoms with Gasteiger partial charge < -0.3 is 19.7 Å². The summed E-state index contributed by atoms with van der Waals surface area (Å²) in [4.78, 5) is 28.2. The highest BCUT2D eigenvalue weighted by Gasteiger charge is 2.47. The average molecular weight is 528 g/mol. The van der Waals surface area contributed by atoms with Gasteiger partial charge in [-0.25, -0.2) is 0 Å². The number of phenols is 1. The van der Waals surface area contributed by atoms with Crippen molar-refractivity contribution in [3.8, 4) is 17.2 Å². The summed E-state index contributed by atoms with van der Waals surface area (Å²) in [5, 5.41) is 21.4. The van der Waals surface area contributed by atoms with Crippen molar-refractivity contribution in [2.45, 2.75) is 19.9 Å². The van der Waals surface area contributed by atoms with Crippen LogP contribution in [0.4, 0.5) is 5.69 Å². The first-order valence-electron chi connectivity index (χ1n) is 10.9. The first kappa shape index (κ1) is 25.4. The van der Waals surface area contributed by atoms with E-state index in [2.05, 4.69) is 0 Å². The van der Waals surface area contributed by atoms with Crippen molar-refractivity contribution in [1.29, 1.82) is 0 Å². The number of aliphatic hydroxyl groups excluding tert-OH is 1. The molecule has 3 aromatic carbocycles. The van der Waals surface area contributed by atoms with Gasteiger partial charge in [-0.1, -0.05) is 53.0 Å². The van der Waals surface area contributed by atoms with Crippen LogP contribution in [0.5, 0.6) is 17.2 Å². The Balaban J connectivity index is 2.03. The predicted molar refractivity (Wildman–Crippen MR) is 138 cm³/mol. The second-order valence-electron chi connectivity index (χ2n) is 8.34. The smallest absolute Gasteiger partial charge is 0.300 e. The molecule has 0 bridgehead atoms. The molecular weight excluding hydrogens is 505 g/mol. The number of ketones is 1. The molecule has 0 spiro atoms. The first-order chi connectivity index (χ1) is 17.1. The number of aromatic hydroxyl groups is 1. The van der Waals surface area contributed by atoms with Crippen molar-refractivity contribution < 1.29 is 29.3 Å². The molecule has 9 heteroatoms. The number of halogens is 2. The number of hydrogen-bond acceptors (Lipinski definition) is 6. The quantitative estimate of drug-likeness (QED) is 0.241. The van der Waals surface area contributed by atoms with Gasteiger partial charge in [0, 0.05) is 5.69 Å². The minimum absolute atomic E-state index is 0.00107. The maximum atomic E-state index is 13.4. The van der Waals surface area contributed by atoms with Gasteiger partial charge in [-0.05, 0) is 49.2 Å². The monoisotopic (exact) mass is 527 g/mol. The SMILES string of the molecule is COc1c(Cl)cc(/C(O)=C2\C(=O)C(=O)N(c3ccc(C)cc3C)C2c2ccc(O)cc2)c(OC)c1Cl. The van der Waals surface area contributed by atoms with Gasteiger partial charge in [0.1, 0.15) is 16.5 Å². The van der Waals surface area contributed by atoms with Gasteiger partial charge in [0.25, 0.3) is 11.7 Å². The van der Waals surface area contributed by atoms with Gasteiger partial charge in [-0.3, -0.25) is 14.5 Å². The number of methoxy groups -OCH3 is 2. The number of anilines is 1. The first-order valence-corrected chi connectivity index (χ1v) is 11.6. The fourth-order valence-electron chi connectivity index (χ4n) is 4.42. The van der Waals surface area contributed by atoms with E-state index in [0.29, 0.717) is 11.3 Å². The normalized spacial score (nSPS) is 16.9. The average Bonchev–Trinajstić information content (AvgIpc) is 3.09. The van der Waals surface area contributed by atoms with Crippen LogP contribution in [0, 0.1) is 13.8 Å². The molecule has 4 rings (SSSR count). The zero-order chi connectivity index (χ0) is 26.3. The number of carbonyl (C=O) groups is 2. The molecule has 0 saturated carbocycles. The number of aryl methyl sites for hydroxylation is 2. The molecule has 1 atom stereocenters. The van der Waals surface area contributed by atoms with Crippen LogP contribution in [0.2, 0.25) is 10.0 Å². The number of amides is 1. The van der Waals surface area contributed by atoms with E-state index < -0.39 is 23.5 Å². The lowest BCUT2D eigenvalue weighted by Gasteiger charge is -2.27. The topological polar surface area (TPSA) is 96.3 Å². The highest BCUT2D eigenvalue weighted by Crippen LogP contribution is 2.48. The Bertz CT molecular complexity index is 1410. The molecule has 0 radical (unpaired) electrons. The van der Waals surface area contributed by atoms with Crippen LogP contribution < -0.4 is 14.4 Å². The van der Waals surface area contributed by atoms with Crippen molar-refractivity contribution in [2.24, 2.45) is 0 Å². The number of aliphatic hydroxyl groups is 1. The fourth-order valence-corrected chi connectivity index (χ4v) is 5.11. The van der Waals surface area contributed by atoms with Gasteiger partial charge >= 0.3 is 0 Å². The van der Waals surface area contributed by atoms with E-state index in [1.54, 1.807) is 18.2 Å². The second-order valence-corrected chi connectivity index (χ2v) is 9.12. The van der Waals surface area contributed by atoms with E-state index >= 15 is 0 Å². The summed E-state index contributed by atoms with van der Waals surface area (Å²) in [5.41, 5.74) is 2.61. The molecule has 1 fully saturated rings. The molecule has 1 amide bonds. The summed E-state index contributed by atoms with van der Waals surface area (Å²) in [6, 6.07) is 11.9. The molecule has 186 valence electrons. The van der Waals surface area contributed by atoms with Gasteiger partial charge in [-0.15, -0.1) is 0 Å². The molecule has 36 heavy (non-hydrogen) atoms. The summed E-state index contributed by atoms with van der Waals surface area (Å²) in [6.07, 6.45) is 0. The molecule has 3 aromatic rings. The van der Waals surface area contributed by atoms with E-state index in [1.807, 2.05) is 26.0 Å². The van der Waals surface area contributed by atoms with E-state index in [4.69, 9.17) is 32.7 Å². The molecule has 2 N–H and O–H groups in total. The lowest BCUT2D eigenvalue weighted by molar-refractivity contribution is -0.132. The van der Waals surface area contributed by atoms with Crippen LogP contribution in [0.1, 0.15) is 28.3 Å². The van der Waals surface area contributed by atoms with Crippen LogP contribution in [-0.2, 0) is 9.59 Å². The third-order valence-corrected chi connectivity index (χ3v) is 6.68. The highest BCUT2D eigenvalue weighted by molar-refractivity contribution is 6.52. The summed E-state index contributed by atoms with van der Waals surface area (Å²) < 4.78 is 10.6. The zero-order valence-electron chi connectivity index (χ0n) is 19.9. The molecule has 1 heterocycles. The fraction of sp³-hybridized carbons (Fsp3) is 0.185. The number of nitrogens with zero attached hydrogens (tertiary/aromatic N) is 1. The molecule has 0 aromatic heterocycles. The lowest BCUT2D eigenvalue weighted by atomic mass is 9.94. The predicted octanol–water partition coefficient (Wildman–Crippen LogP) is 5.96. The number of benzene rings is 3. The standard InChI is InChI=1S/C27H23Cl2NO6/c1-13-5-10-19(14(2)11-13)30-22(15-6-8-16(31)9-7-15)20(24(33)27(30)34)23(32)17-12-18(28)26(36-4)21(29)25(17)35-3/h5-12,22,31-32H,1-4H3/b23-20+. The molecule has 1 aliphatic rings. The van der Waals surface area contributed by atoms with Crippen molar-refractivity contribution in [3.63, 3.8) is 0 Å². The second kappa shape index (κ2) is 9.76. The van der Waals surface area contributed by atoms with Crippen molar-refractivity contribution in [1.82, 2.24) is 0 Å². The molecular formula is C27H23Cl2NO6. The number of Topliss-reactive ketones (excluding diaryl/α,β-unsaturated/α-hetero) is 1. The van der Waals surface area contributed by atoms with Crippen molar-refractivity contribution in [2.75, 3.05) is 19.1 Å². The summed E-state index contributed by atoms with van der Waals surface area (Å²) in [5.74, 6) is -2.04. The number of ether oxygens (including phenoxy) is 2. The summed E-state index contributed by atoms with van der Waals surface area (Å²) in [6.45, 7) is 3.76. The maximum Gasteiger partial charge on any atom is 0.300 e. The molecule has 7 nitrogen and oxygen atoms in total. The number of carbonyl (C=O) groups excluding carboxylic acids is 2. The Morgan fingerprint density at radius 3 is 2.17 bits per heavy atom. The van der Waals surface area contributed by atoms with Crippen molar-refractivity contribution >= 4 is 46.3 Å². The van der Waals surface area contributed by atoms with E-state index in [-0.39, 0.29) is 38.4 Å². The Morgan fingerprint density at radius 2 is 1.58 bits per heavy atom. The Morgan fingerprint density at radius 1 is 0.944 bits per heavy atom.